The van der Waals surface area contributed by atoms with E-state index in [0.717, 1.165) is 19.3 Å². The standard InChI is InChI=1S/C19H22FN3O2.ClH/c20-15-8-1-3-10-17(15)25-18-11-4-2-9-16(18)22-19(24)23-12-6-5-7-14(23)13-21;/h1-4,8-11,14H,5-7,12-13,21H2,(H,22,24);1H. The number of amides is 2. The molecule has 0 aliphatic carbocycles. The lowest BCUT2D eigenvalue weighted by atomic mass is 10.0. The number of piperidine rings is 1. The molecule has 1 aliphatic heterocycles. The van der Waals surface area contributed by atoms with Crippen LogP contribution in [0.3, 0.4) is 0 Å². The van der Waals surface area contributed by atoms with Crippen molar-refractivity contribution in [2.75, 3.05) is 18.4 Å². The molecule has 0 radical (unpaired) electrons. The van der Waals surface area contributed by atoms with Crippen LogP contribution in [0.1, 0.15) is 19.3 Å². The van der Waals surface area contributed by atoms with E-state index >= 15 is 0 Å². The van der Waals surface area contributed by atoms with Crippen LogP contribution in [0.4, 0.5) is 14.9 Å². The molecule has 26 heavy (non-hydrogen) atoms. The molecule has 5 nitrogen and oxygen atoms in total. The third-order valence-corrected chi connectivity index (χ3v) is 4.35. The van der Waals surface area contributed by atoms with E-state index in [1.165, 1.54) is 6.07 Å². The van der Waals surface area contributed by atoms with Crippen molar-refractivity contribution in [2.45, 2.75) is 25.3 Å². The Morgan fingerprint density at radius 1 is 1.15 bits per heavy atom. The molecular weight excluding hydrogens is 357 g/mol. The molecule has 3 N–H and O–H groups in total. The molecule has 1 saturated heterocycles. The van der Waals surface area contributed by atoms with Crippen molar-refractivity contribution in [1.82, 2.24) is 4.90 Å². The molecule has 1 atom stereocenters. The second kappa shape index (κ2) is 9.40. The zero-order valence-corrected chi connectivity index (χ0v) is 15.2. The van der Waals surface area contributed by atoms with E-state index in [9.17, 15) is 9.18 Å². The number of rotatable bonds is 4. The van der Waals surface area contributed by atoms with Gasteiger partial charge in [-0.3, -0.25) is 0 Å². The first-order valence-electron chi connectivity index (χ1n) is 8.48. The van der Waals surface area contributed by atoms with E-state index in [1.807, 2.05) is 0 Å². The van der Waals surface area contributed by atoms with E-state index in [-0.39, 0.29) is 30.2 Å². The van der Waals surface area contributed by atoms with Crippen molar-refractivity contribution in [3.63, 3.8) is 0 Å². The Hall–Kier alpha value is -2.31. The summed E-state index contributed by atoms with van der Waals surface area (Å²) in [4.78, 5) is 14.4. The van der Waals surface area contributed by atoms with Crippen LogP contribution in [0.15, 0.2) is 48.5 Å². The SMILES string of the molecule is Cl.NCC1CCCCN1C(=O)Nc1ccccc1Oc1ccccc1F. The van der Waals surface area contributed by atoms with Gasteiger partial charge >= 0.3 is 6.03 Å². The Kier molecular flexibility index (Phi) is 7.24. The van der Waals surface area contributed by atoms with E-state index in [1.54, 1.807) is 47.4 Å². The zero-order valence-electron chi connectivity index (χ0n) is 14.4. The van der Waals surface area contributed by atoms with Crippen LogP contribution >= 0.6 is 12.4 Å². The maximum absolute atomic E-state index is 13.8. The van der Waals surface area contributed by atoms with Gasteiger partial charge in [-0.1, -0.05) is 24.3 Å². The zero-order chi connectivity index (χ0) is 17.6. The predicted octanol–water partition coefficient (Wildman–Crippen LogP) is 4.38. The fourth-order valence-corrected chi connectivity index (χ4v) is 3.00. The number of hydrogen-bond donors (Lipinski definition) is 2. The van der Waals surface area contributed by atoms with Crippen LogP contribution in [-0.2, 0) is 0 Å². The number of nitrogens with two attached hydrogens (primary N) is 1. The summed E-state index contributed by atoms with van der Waals surface area (Å²) in [6.07, 6.45) is 2.97. The molecule has 7 heteroatoms. The van der Waals surface area contributed by atoms with Crippen molar-refractivity contribution >= 4 is 24.1 Å². The first kappa shape index (κ1) is 20.0. The van der Waals surface area contributed by atoms with Crippen molar-refractivity contribution in [3.05, 3.63) is 54.3 Å². The van der Waals surface area contributed by atoms with Gasteiger partial charge in [-0.05, 0) is 43.5 Å². The summed E-state index contributed by atoms with van der Waals surface area (Å²) in [5.74, 6) is 0.0483. The molecular formula is C19H23ClFN3O2. The van der Waals surface area contributed by atoms with Gasteiger partial charge in [0, 0.05) is 19.1 Å². The summed E-state index contributed by atoms with van der Waals surface area (Å²) in [6, 6.07) is 13.0. The summed E-state index contributed by atoms with van der Waals surface area (Å²) < 4.78 is 19.5. The van der Waals surface area contributed by atoms with Crippen molar-refractivity contribution in [1.29, 1.82) is 0 Å². The highest BCUT2D eigenvalue weighted by atomic mass is 35.5. The van der Waals surface area contributed by atoms with Gasteiger partial charge in [0.05, 0.1) is 5.69 Å². The van der Waals surface area contributed by atoms with Gasteiger partial charge in [0.25, 0.3) is 0 Å². The second-order valence-electron chi connectivity index (χ2n) is 6.04. The highest BCUT2D eigenvalue weighted by Crippen LogP contribution is 2.31. The lowest BCUT2D eigenvalue weighted by Gasteiger charge is -2.35. The van der Waals surface area contributed by atoms with E-state index < -0.39 is 5.82 Å². The molecule has 0 bridgehead atoms. The minimum atomic E-state index is -0.456. The van der Waals surface area contributed by atoms with Crippen molar-refractivity contribution < 1.29 is 13.9 Å². The maximum atomic E-state index is 13.8. The highest BCUT2D eigenvalue weighted by Gasteiger charge is 2.26. The number of carbonyl (C=O) groups is 1. The number of ether oxygens (including phenoxy) is 1. The van der Waals surface area contributed by atoms with Gasteiger partial charge in [0.2, 0.25) is 0 Å². The molecule has 140 valence electrons. The minimum absolute atomic E-state index is 0. The maximum Gasteiger partial charge on any atom is 0.322 e. The summed E-state index contributed by atoms with van der Waals surface area (Å²) in [6.45, 7) is 1.13. The second-order valence-corrected chi connectivity index (χ2v) is 6.04. The summed E-state index contributed by atoms with van der Waals surface area (Å²) in [7, 11) is 0. The Labute approximate surface area is 158 Å². The number of likely N-dealkylation sites (tertiary alicyclic amines) is 1. The fourth-order valence-electron chi connectivity index (χ4n) is 3.00. The normalized spacial score (nSPS) is 16.5. The molecule has 1 unspecified atom stereocenters. The molecule has 1 aliphatic rings. The van der Waals surface area contributed by atoms with E-state index in [0.29, 0.717) is 24.5 Å². The Morgan fingerprint density at radius 3 is 2.58 bits per heavy atom. The van der Waals surface area contributed by atoms with Gasteiger partial charge < -0.3 is 20.7 Å². The Balaban J connectivity index is 0.00000243. The number of carbonyl (C=O) groups excluding carboxylic acids is 1. The van der Waals surface area contributed by atoms with Gasteiger partial charge in [0.1, 0.15) is 0 Å². The number of urea groups is 1. The largest absolute Gasteiger partial charge is 0.452 e. The average Bonchev–Trinajstić information content (AvgIpc) is 2.65. The summed E-state index contributed by atoms with van der Waals surface area (Å²) in [5.41, 5.74) is 6.28. The van der Waals surface area contributed by atoms with Gasteiger partial charge in [0.15, 0.2) is 17.3 Å². The van der Waals surface area contributed by atoms with Crippen LogP contribution in [0.5, 0.6) is 11.5 Å². The van der Waals surface area contributed by atoms with Crippen molar-refractivity contribution in [2.24, 2.45) is 5.73 Å². The Bertz CT molecular complexity index is 744. The fraction of sp³-hybridized carbons (Fsp3) is 0.316. The lowest BCUT2D eigenvalue weighted by Crippen LogP contribution is -2.49. The molecule has 2 aromatic carbocycles. The van der Waals surface area contributed by atoms with Crippen LogP contribution in [0, 0.1) is 5.82 Å². The van der Waals surface area contributed by atoms with Crippen molar-refractivity contribution in [3.8, 4) is 11.5 Å². The number of halogens is 2. The number of hydrogen-bond acceptors (Lipinski definition) is 3. The van der Waals surface area contributed by atoms with E-state index in [2.05, 4.69) is 5.32 Å². The van der Waals surface area contributed by atoms with Gasteiger partial charge in [-0.15, -0.1) is 12.4 Å². The number of para-hydroxylation sites is 3. The van der Waals surface area contributed by atoms with Gasteiger partial charge in [-0.25, -0.2) is 9.18 Å². The summed E-state index contributed by atoms with van der Waals surface area (Å²) in [5, 5.41) is 2.87. The first-order valence-corrected chi connectivity index (χ1v) is 8.48. The summed E-state index contributed by atoms with van der Waals surface area (Å²) >= 11 is 0. The number of benzene rings is 2. The third-order valence-electron chi connectivity index (χ3n) is 4.35. The predicted molar refractivity (Wildman–Crippen MR) is 103 cm³/mol. The molecule has 0 aromatic heterocycles. The molecule has 2 amide bonds. The lowest BCUT2D eigenvalue weighted by molar-refractivity contribution is 0.166. The van der Waals surface area contributed by atoms with Crippen LogP contribution < -0.4 is 15.8 Å². The number of anilines is 1. The molecule has 3 rings (SSSR count). The molecule has 0 saturated carbocycles. The average molecular weight is 380 g/mol. The monoisotopic (exact) mass is 379 g/mol. The quantitative estimate of drug-likeness (QED) is 0.828. The Morgan fingerprint density at radius 2 is 1.85 bits per heavy atom. The topological polar surface area (TPSA) is 67.6 Å². The van der Waals surface area contributed by atoms with E-state index in [4.69, 9.17) is 10.5 Å². The third kappa shape index (κ3) is 4.65. The smallest absolute Gasteiger partial charge is 0.322 e. The van der Waals surface area contributed by atoms with Crippen LogP contribution in [0.2, 0.25) is 0 Å². The van der Waals surface area contributed by atoms with Gasteiger partial charge in [-0.2, -0.15) is 0 Å². The highest BCUT2D eigenvalue weighted by molar-refractivity contribution is 5.91. The first-order chi connectivity index (χ1) is 12.2. The van der Waals surface area contributed by atoms with Crippen LogP contribution in [0.25, 0.3) is 0 Å². The molecule has 1 heterocycles. The molecule has 0 spiro atoms. The molecule has 1 fully saturated rings. The minimum Gasteiger partial charge on any atom is -0.452 e. The number of nitrogens with zero attached hydrogens (tertiary/aromatic N) is 1. The van der Waals surface area contributed by atoms with Crippen LogP contribution in [-0.4, -0.2) is 30.1 Å². The molecule has 2 aromatic rings. The number of nitrogens with one attached hydrogen (secondary N) is 1.